The number of hydrogen-bond acceptors (Lipinski definition) is 4. The Kier molecular flexibility index (Phi) is 3.71. The molecule has 0 amide bonds. The lowest BCUT2D eigenvalue weighted by atomic mass is 10.2. The summed E-state index contributed by atoms with van der Waals surface area (Å²) in [7, 11) is 0. The average molecular weight is 294 g/mol. The van der Waals surface area contributed by atoms with Crippen molar-refractivity contribution in [3.05, 3.63) is 46.3 Å². The summed E-state index contributed by atoms with van der Waals surface area (Å²) >= 11 is 3.44. The fraction of sp³-hybridized carbons (Fsp3) is 0.167. The summed E-state index contributed by atoms with van der Waals surface area (Å²) < 4.78 is 6.63. The molecule has 17 heavy (non-hydrogen) atoms. The Morgan fingerprint density at radius 1 is 1.29 bits per heavy atom. The van der Waals surface area contributed by atoms with Crippen LogP contribution in [0.15, 0.2) is 35.1 Å². The smallest absolute Gasteiger partial charge is 0.237 e. The van der Waals surface area contributed by atoms with Gasteiger partial charge in [0, 0.05) is 11.0 Å². The van der Waals surface area contributed by atoms with Gasteiger partial charge in [-0.05, 0) is 30.7 Å². The molecule has 1 heterocycles. The van der Waals surface area contributed by atoms with E-state index in [1.54, 1.807) is 12.4 Å². The maximum absolute atomic E-state index is 5.58. The summed E-state index contributed by atoms with van der Waals surface area (Å²) in [5.41, 5.74) is 7.29. The molecule has 0 aliphatic heterocycles. The van der Waals surface area contributed by atoms with Crippen molar-refractivity contribution >= 4 is 15.9 Å². The highest BCUT2D eigenvalue weighted by Gasteiger charge is 2.02. The Balaban J connectivity index is 2.16. The van der Waals surface area contributed by atoms with E-state index in [9.17, 15) is 0 Å². The minimum absolute atomic E-state index is 0.380. The maximum Gasteiger partial charge on any atom is 0.237 e. The van der Waals surface area contributed by atoms with Crippen molar-refractivity contribution < 1.29 is 4.74 Å². The summed E-state index contributed by atoms with van der Waals surface area (Å²) in [5.74, 6) is 1.20. The van der Waals surface area contributed by atoms with Gasteiger partial charge in [0.05, 0.1) is 18.1 Å². The molecule has 1 aromatic carbocycles. The zero-order valence-corrected chi connectivity index (χ0v) is 10.9. The minimum atomic E-state index is 0.380. The minimum Gasteiger partial charge on any atom is -0.437 e. The molecule has 0 saturated heterocycles. The molecule has 4 nitrogen and oxygen atoms in total. The summed E-state index contributed by atoms with van der Waals surface area (Å²) in [5, 5.41) is 0. The molecule has 0 saturated carbocycles. The van der Waals surface area contributed by atoms with Crippen LogP contribution >= 0.6 is 15.9 Å². The van der Waals surface area contributed by atoms with Crippen LogP contribution in [0.2, 0.25) is 0 Å². The van der Waals surface area contributed by atoms with Crippen molar-refractivity contribution in [3.63, 3.8) is 0 Å². The first-order valence-electron chi connectivity index (χ1n) is 5.14. The number of hydrogen-bond donors (Lipinski definition) is 1. The van der Waals surface area contributed by atoms with Gasteiger partial charge in [0.25, 0.3) is 0 Å². The first kappa shape index (κ1) is 12.0. The van der Waals surface area contributed by atoms with E-state index in [1.807, 2.05) is 25.1 Å². The van der Waals surface area contributed by atoms with E-state index in [0.29, 0.717) is 12.4 Å². The maximum atomic E-state index is 5.58. The van der Waals surface area contributed by atoms with Crippen LogP contribution < -0.4 is 10.5 Å². The van der Waals surface area contributed by atoms with Crippen molar-refractivity contribution in [2.45, 2.75) is 13.5 Å². The van der Waals surface area contributed by atoms with Gasteiger partial charge in [-0.15, -0.1) is 0 Å². The number of nitrogens with zero attached hydrogens (tertiary/aromatic N) is 2. The van der Waals surface area contributed by atoms with E-state index in [4.69, 9.17) is 10.5 Å². The van der Waals surface area contributed by atoms with Crippen molar-refractivity contribution in [2.24, 2.45) is 5.73 Å². The summed E-state index contributed by atoms with van der Waals surface area (Å²) in [6.45, 7) is 2.38. The molecule has 0 spiro atoms. The third kappa shape index (κ3) is 3.01. The largest absolute Gasteiger partial charge is 0.437 e. The summed E-state index contributed by atoms with van der Waals surface area (Å²) in [6.07, 6.45) is 3.18. The third-order valence-corrected chi connectivity index (χ3v) is 3.13. The zero-order chi connectivity index (χ0) is 12.3. The molecular weight excluding hydrogens is 282 g/mol. The monoisotopic (exact) mass is 293 g/mol. The highest BCUT2D eigenvalue weighted by Crippen LogP contribution is 2.24. The van der Waals surface area contributed by atoms with E-state index in [1.165, 1.54) is 0 Å². The standard InChI is InChI=1S/C12H12BrN3O/c1-8-4-10(2-3-11(8)13)17-12-7-15-9(5-14)6-16-12/h2-4,6-7H,5,14H2,1H3. The number of aryl methyl sites for hydroxylation is 1. The van der Waals surface area contributed by atoms with Crippen LogP contribution in [0.3, 0.4) is 0 Å². The SMILES string of the molecule is Cc1cc(Oc2cnc(CN)cn2)ccc1Br. The molecule has 0 radical (unpaired) electrons. The first-order valence-corrected chi connectivity index (χ1v) is 5.93. The van der Waals surface area contributed by atoms with Gasteiger partial charge in [0.2, 0.25) is 5.88 Å². The second-order valence-corrected chi connectivity index (χ2v) is 4.42. The van der Waals surface area contributed by atoms with Gasteiger partial charge in [-0.2, -0.15) is 0 Å². The van der Waals surface area contributed by atoms with Crippen molar-refractivity contribution in [2.75, 3.05) is 0 Å². The van der Waals surface area contributed by atoms with Crippen LogP contribution in [0.5, 0.6) is 11.6 Å². The van der Waals surface area contributed by atoms with Crippen LogP contribution in [0.4, 0.5) is 0 Å². The topological polar surface area (TPSA) is 61.0 Å². The second-order valence-electron chi connectivity index (χ2n) is 3.56. The van der Waals surface area contributed by atoms with Crippen LogP contribution in [0.25, 0.3) is 0 Å². The fourth-order valence-corrected chi connectivity index (χ4v) is 1.55. The normalized spacial score (nSPS) is 10.3. The van der Waals surface area contributed by atoms with Crippen LogP contribution in [-0.2, 0) is 6.54 Å². The van der Waals surface area contributed by atoms with Gasteiger partial charge in [0.15, 0.2) is 0 Å². The molecule has 2 rings (SSSR count). The second kappa shape index (κ2) is 5.25. The van der Waals surface area contributed by atoms with Gasteiger partial charge < -0.3 is 10.5 Å². The molecule has 5 heteroatoms. The van der Waals surface area contributed by atoms with E-state index >= 15 is 0 Å². The quantitative estimate of drug-likeness (QED) is 0.945. The number of benzene rings is 1. The molecule has 2 N–H and O–H groups in total. The van der Waals surface area contributed by atoms with E-state index in [2.05, 4.69) is 25.9 Å². The van der Waals surface area contributed by atoms with Crippen LogP contribution in [-0.4, -0.2) is 9.97 Å². The Hall–Kier alpha value is -1.46. The lowest BCUT2D eigenvalue weighted by molar-refractivity contribution is 0.459. The van der Waals surface area contributed by atoms with E-state index in [0.717, 1.165) is 21.5 Å². The fourth-order valence-electron chi connectivity index (χ4n) is 1.30. The zero-order valence-electron chi connectivity index (χ0n) is 9.35. The number of ether oxygens (including phenoxy) is 1. The Morgan fingerprint density at radius 3 is 2.71 bits per heavy atom. The molecule has 88 valence electrons. The molecular formula is C12H12BrN3O. The van der Waals surface area contributed by atoms with Gasteiger partial charge in [-0.3, -0.25) is 4.98 Å². The average Bonchev–Trinajstić information content (AvgIpc) is 2.35. The number of rotatable bonds is 3. The van der Waals surface area contributed by atoms with Gasteiger partial charge in [-0.1, -0.05) is 15.9 Å². The lowest BCUT2D eigenvalue weighted by Crippen LogP contribution is -2.00. The molecule has 0 atom stereocenters. The van der Waals surface area contributed by atoms with Crippen molar-refractivity contribution in [3.8, 4) is 11.6 Å². The number of halogens is 1. The lowest BCUT2D eigenvalue weighted by Gasteiger charge is -2.06. The number of nitrogens with two attached hydrogens (primary N) is 1. The molecule has 0 fully saturated rings. The molecule has 0 unspecified atom stereocenters. The molecule has 0 bridgehead atoms. The van der Waals surface area contributed by atoms with Crippen LogP contribution in [0, 0.1) is 6.92 Å². The Labute approximate surface area is 108 Å². The van der Waals surface area contributed by atoms with Gasteiger partial charge in [-0.25, -0.2) is 4.98 Å². The Bertz CT molecular complexity index is 514. The first-order chi connectivity index (χ1) is 8.19. The molecule has 1 aromatic heterocycles. The third-order valence-electron chi connectivity index (χ3n) is 2.24. The predicted octanol–water partition coefficient (Wildman–Crippen LogP) is 2.80. The summed E-state index contributed by atoms with van der Waals surface area (Å²) in [6, 6.07) is 5.74. The van der Waals surface area contributed by atoms with E-state index in [-0.39, 0.29) is 0 Å². The van der Waals surface area contributed by atoms with Crippen LogP contribution in [0.1, 0.15) is 11.3 Å². The number of aromatic nitrogens is 2. The van der Waals surface area contributed by atoms with E-state index < -0.39 is 0 Å². The van der Waals surface area contributed by atoms with Crippen molar-refractivity contribution in [1.82, 2.24) is 9.97 Å². The molecule has 2 aromatic rings. The van der Waals surface area contributed by atoms with Gasteiger partial charge >= 0.3 is 0 Å². The van der Waals surface area contributed by atoms with Crippen molar-refractivity contribution in [1.29, 1.82) is 0 Å². The highest BCUT2D eigenvalue weighted by atomic mass is 79.9. The Morgan fingerprint density at radius 2 is 2.12 bits per heavy atom. The molecule has 0 aliphatic carbocycles. The van der Waals surface area contributed by atoms with Gasteiger partial charge in [0.1, 0.15) is 5.75 Å². The summed E-state index contributed by atoms with van der Waals surface area (Å²) in [4.78, 5) is 8.23. The highest BCUT2D eigenvalue weighted by molar-refractivity contribution is 9.10. The molecule has 0 aliphatic rings. The predicted molar refractivity (Wildman–Crippen MR) is 68.9 cm³/mol.